The van der Waals surface area contributed by atoms with E-state index in [9.17, 15) is 9.90 Å². The number of methoxy groups -OCH3 is 2. The van der Waals surface area contributed by atoms with Crippen LogP contribution < -0.4 is 9.47 Å². The van der Waals surface area contributed by atoms with E-state index in [0.717, 1.165) is 27.8 Å². The molecule has 1 amide bonds. The number of benzene rings is 3. The number of fused-ring (bicyclic) bond motifs is 1. The molecule has 1 atom stereocenters. The normalized spacial score (nSPS) is 14.8. The molecule has 0 fully saturated rings. The summed E-state index contributed by atoms with van der Waals surface area (Å²) in [6.07, 6.45) is 0. The fourth-order valence-electron chi connectivity index (χ4n) is 4.50. The van der Waals surface area contributed by atoms with Gasteiger partial charge in [-0.3, -0.25) is 9.89 Å². The Kier molecular flexibility index (Phi) is 5.86. The zero-order chi connectivity index (χ0) is 24.7. The molecule has 0 bridgehead atoms. The number of aromatic amines is 1. The van der Waals surface area contributed by atoms with Gasteiger partial charge in [0.05, 0.1) is 26.0 Å². The first kappa shape index (κ1) is 22.8. The minimum Gasteiger partial charge on any atom is -0.502 e. The van der Waals surface area contributed by atoms with E-state index in [1.165, 1.54) is 14.2 Å². The lowest BCUT2D eigenvalue weighted by Gasteiger charge is -2.27. The SMILES string of the molecule is COc1cc(C2c3c(-c4ccc(C)cc4)n[nH]c3C(=O)N2Cc2ccc(Cl)cc2)cc(OC)c1O. The molecule has 3 aromatic carbocycles. The van der Waals surface area contributed by atoms with Crippen molar-refractivity contribution >= 4 is 17.5 Å². The fourth-order valence-corrected chi connectivity index (χ4v) is 4.62. The Morgan fingerprint density at radius 3 is 2.26 bits per heavy atom. The maximum absolute atomic E-state index is 13.6. The van der Waals surface area contributed by atoms with Crippen molar-refractivity contribution in [3.8, 4) is 28.5 Å². The second-order valence-corrected chi connectivity index (χ2v) is 8.90. The molecule has 8 heteroatoms. The molecule has 7 nitrogen and oxygen atoms in total. The van der Waals surface area contributed by atoms with Gasteiger partial charge in [-0.2, -0.15) is 5.10 Å². The molecule has 0 saturated carbocycles. The van der Waals surface area contributed by atoms with Gasteiger partial charge in [0.15, 0.2) is 11.5 Å². The number of carbonyl (C=O) groups excluding carboxylic acids is 1. The molecule has 0 saturated heterocycles. The Hall–Kier alpha value is -3.97. The third kappa shape index (κ3) is 3.98. The van der Waals surface area contributed by atoms with Gasteiger partial charge < -0.3 is 19.5 Å². The van der Waals surface area contributed by atoms with Crippen LogP contribution in [0.15, 0.2) is 60.7 Å². The Balaban J connectivity index is 1.69. The summed E-state index contributed by atoms with van der Waals surface area (Å²) >= 11 is 6.07. The maximum atomic E-state index is 13.6. The van der Waals surface area contributed by atoms with E-state index in [0.29, 0.717) is 23.0 Å². The number of aromatic hydroxyl groups is 1. The van der Waals surface area contributed by atoms with E-state index < -0.39 is 6.04 Å². The lowest BCUT2D eigenvalue weighted by molar-refractivity contribution is 0.0729. The van der Waals surface area contributed by atoms with Crippen LogP contribution in [0.4, 0.5) is 0 Å². The van der Waals surface area contributed by atoms with E-state index in [1.54, 1.807) is 29.2 Å². The van der Waals surface area contributed by atoms with Crippen LogP contribution in [0, 0.1) is 6.92 Å². The Labute approximate surface area is 207 Å². The van der Waals surface area contributed by atoms with Crippen LogP contribution in [0.5, 0.6) is 17.2 Å². The van der Waals surface area contributed by atoms with Crippen molar-refractivity contribution in [2.45, 2.75) is 19.5 Å². The zero-order valence-corrected chi connectivity index (χ0v) is 20.3. The molecule has 5 rings (SSSR count). The number of aryl methyl sites for hydroxylation is 1. The number of hydrogen-bond donors (Lipinski definition) is 2. The van der Waals surface area contributed by atoms with Crippen LogP contribution in [0.25, 0.3) is 11.3 Å². The van der Waals surface area contributed by atoms with Crippen molar-refractivity contribution < 1.29 is 19.4 Å². The van der Waals surface area contributed by atoms with Crippen LogP contribution in [0.3, 0.4) is 0 Å². The number of phenolic OH excluding ortho intramolecular Hbond substituents is 1. The molecule has 0 spiro atoms. The fraction of sp³-hybridized carbons (Fsp3) is 0.185. The van der Waals surface area contributed by atoms with Gasteiger partial charge in [-0.25, -0.2) is 0 Å². The highest BCUT2D eigenvalue weighted by atomic mass is 35.5. The van der Waals surface area contributed by atoms with Gasteiger partial charge in [-0.05, 0) is 42.3 Å². The number of aromatic nitrogens is 2. The van der Waals surface area contributed by atoms with Crippen molar-refractivity contribution in [3.05, 3.63) is 93.6 Å². The average molecular weight is 490 g/mol. The number of H-pyrrole nitrogens is 1. The lowest BCUT2D eigenvalue weighted by Crippen LogP contribution is -2.29. The lowest BCUT2D eigenvalue weighted by atomic mass is 9.95. The van der Waals surface area contributed by atoms with Crippen molar-refractivity contribution in [2.75, 3.05) is 14.2 Å². The minimum atomic E-state index is -0.494. The Morgan fingerprint density at radius 2 is 1.66 bits per heavy atom. The highest BCUT2D eigenvalue weighted by molar-refractivity contribution is 6.30. The molecule has 1 aromatic heterocycles. The van der Waals surface area contributed by atoms with Crippen LogP contribution in [-0.2, 0) is 6.54 Å². The number of phenols is 1. The second-order valence-electron chi connectivity index (χ2n) is 8.46. The quantitative estimate of drug-likeness (QED) is 0.373. The summed E-state index contributed by atoms with van der Waals surface area (Å²) in [5, 5.41) is 18.6. The number of halogens is 1. The van der Waals surface area contributed by atoms with Gasteiger partial charge in [0.1, 0.15) is 5.69 Å². The molecule has 4 aromatic rings. The molecule has 178 valence electrons. The number of nitrogens with zero attached hydrogens (tertiary/aromatic N) is 2. The number of rotatable bonds is 6. The minimum absolute atomic E-state index is 0.0986. The average Bonchev–Trinajstić information content (AvgIpc) is 3.40. The molecule has 35 heavy (non-hydrogen) atoms. The molecule has 2 heterocycles. The third-order valence-electron chi connectivity index (χ3n) is 6.27. The molecular weight excluding hydrogens is 466 g/mol. The third-order valence-corrected chi connectivity index (χ3v) is 6.52. The van der Waals surface area contributed by atoms with E-state index in [4.69, 9.17) is 21.1 Å². The second kappa shape index (κ2) is 9.00. The molecule has 1 aliphatic rings. The van der Waals surface area contributed by atoms with Gasteiger partial charge >= 0.3 is 0 Å². The Morgan fingerprint density at radius 1 is 1.03 bits per heavy atom. The highest BCUT2D eigenvalue weighted by Crippen LogP contribution is 2.47. The summed E-state index contributed by atoms with van der Waals surface area (Å²) in [4.78, 5) is 15.4. The van der Waals surface area contributed by atoms with Gasteiger partial charge in [0, 0.05) is 22.7 Å². The first-order valence-corrected chi connectivity index (χ1v) is 11.4. The van der Waals surface area contributed by atoms with E-state index in [-0.39, 0.29) is 23.2 Å². The number of hydrogen-bond acceptors (Lipinski definition) is 5. The number of nitrogens with one attached hydrogen (secondary N) is 1. The number of ether oxygens (including phenoxy) is 2. The smallest absolute Gasteiger partial charge is 0.273 e. The predicted molar refractivity (Wildman–Crippen MR) is 133 cm³/mol. The first-order chi connectivity index (χ1) is 16.9. The summed E-state index contributed by atoms with van der Waals surface area (Å²) in [7, 11) is 2.95. The van der Waals surface area contributed by atoms with E-state index in [2.05, 4.69) is 10.2 Å². The van der Waals surface area contributed by atoms with Crippen LogP contribution in [-0.4, -0.2) is 40.3 Å². The zero-order valence-electron chi connectivity index (χ0n) is 19.5. The molecular formula is C27H24ClN3O4. The topological polar surface area (TPSA) is 87.7 Å². The highest BCUT2D eigenvalue weighted by Gasteiger charge is 2.42. The van der Waals surface area contributed by atoms with Gasteiger partial charge in [0.2, 0.25) is 5.75 Å². The summed E-state index contributed by atoms with van der Waals surface area (Å²) in [6, 6.07) is 18.4. The molecule has 1 aliphatic heterocycles. The van der Waals surface area contributed by atoms with Crippen LogP contribution >= 0.6 is 11.6 Å². The maximum Gasteiger partial charge on any atom is 0.273 e. The molecule has 2 N–H and O–H groups in total. The predicted octanol–water partition coefficient (Wildman–Crippen LogP) is 5.51. The van der Waals surface area contributed by atoms with Crippen molar-refractivity contribution in [1.82, 2.24) is 15.1 Å². The Bertz CT molecular complexity index is 1370. The van der Waals surface area contributed by atoms with Crippen molar-refractivity contribution in [1.29, 1.82) is 0 Å². The number of carbonyl (C=O) groups is 1. The van der Waals surface area contributed by atoms with E-state index in [1.807, 2.05) is 43.3 Å². The van der Waals surface area contributed by atoms with Crippen LogP contribution in [0.1, 0.15) is 38.8 Å². The largest absolute Gasteiger partial charge is 0.502 e. The monoisotopic (exact) mass is 489 g/mol. The summed E-state index contributed by atoms with van der Waals surface area (Å²) in [6.45, 7) is 2.37. The molecule has 1 unspecified atom stereocenters. The van der Waals surface area contributed by atoms with Gasteiger partial charge in [0.25, 0.3) is 5.91 Å². The molecule has 0 radical (unpaired) electrons. The molecule has 0 aliphatic carbocycles. The van der Waals surface area contributed by atoms with Gasteiger partial charge in [-0.1, -0.05) is 53.6 Å². The standard InChI is InChI=1S/C27H24ClN3O4/c1-15-4-8-17(9-5-15)23-22-24(30-29-23)27(33)31(14-16-6-10-19(28)11-7-16)25(22)18-12-20(34-2)26(32)21(13-18)35-3/h4-13,25,32H,14H2,1-3H3,(H,29,30). The van der Waals surface area contributed by atoms with Gasteiger partial charge in [-0.15, -0.1) is 0 Å². The van der Waals surface area contributed by atoms with Crippen LogP contribution in [0.2, 0.25) is 5.02 Å². The van der Waals surface area contributed by atoms with E-state index >= 15 is 0 Å². The first-order valence-electron chi connectivity index (χ1n) is 11.1. The van der Waals surface area contributed by atoms with Crippen molar-refractivity contribution in [2.24, 2.45) is 0 Å². The van der Waals surface area contributed by atoms with Crippen molar-refractivity contribution in [3.63, 3.8) is 0 Å². The summed E-state index contributed by atoms with van der Waals surface area (Å²) in [5.74, 6) is 0.245. The summed E-state index contributed by atoms with van der Waals surface area (Å²) < 4.78 is 10.8. The summed E-state index contributed by atoms with van der Waals surface area (Å²) in [5.41, 5.74) is 5.59. The number of amides is 1.